The van der Waals surface area contributed by atoms with Crippen molar-refractivity contribution in [2.75, 3.05) is 24.7 Å². The summed E-state index contributed by atoms with van der Waals surface area (Å²) < 4.78 is 0. The fourth-order valence-electron chi connectivity index (χ4n) is 11.4. The number of carbonyl (C=O) groups is 11. The normalized spacial score (nSPS) is 23.7. The van der Waals surface area contributed by atoms with Crippen LogP contribution in [0.5, 0.6) is 5.75 Å². The maximum Gasteiger partial charge on any atom is 0.327 e. The number of aromatic amines is 1. The number of carboxylic acid groups (broad SMARTS) is 1. The molecule has 0 radical (unpaired) electrons. The monoisotopic (exact) mass is 1500 g/mol. The number of H-pyrrole nitrogens is 1. The number of hydrogen-bond acceptors (Lipinski definition) is 20. The van der Waals surface area contributed by atoms with Crippen LogP contribution >= 0.6 is 21.6 Å². The van der Waals surface area contributed by atoms with Crippen molar-refractivity contribution >= 4 is 97.5 Å². The third-order valence-corrected chi connectivity index (χ3v) is 19.9. The topological polar surface area (TPSA) is 489 Å². The summed E-state index contributed by atoms with van der Waals surface area (Å²) in [5.41, 5.74) is 16.3. The number of aliphatic carboxylic acids is 1. The summed E-state index contributed by atoms with van der Waals surface area (Å²) in [4.78, 5) is 163. The Hall–Kier alpha value is -9.93. The van der Waals surface area contributed by atoms with Gasteiger partial charge in [0.25, 0.3) is 0 Å². The maximum atomic E-state index is 15.5. The summed E-state index contributed by atoms with van der Waals surface area (Å²) in [5.74, 6) is -12.4. The van der Waals surface area contributed by atoms with Crippen LogP contribution in [0.4, 0.5) is 0 Å². The number of benzene rings is 5. The molecule has 0 bridgehead atoms. The van der Waals surface area contributed by atoms with E-state index in [1.165, 1.54) is 31.2 Å². The number of rotatable bonds is 21. The molecule has 0 spiro atoms. The highest BCUT2D eigenvalue weighted by molar-refractivity contribution is 8.76. The van der Waals surface area contributed by atoms with Crippen LogP contribution in [0.3, 0.4) is 0 Å². The highest BCUT2D eigenvalue weighted by atomic mass is 33.1. The summed E-state index contributed by atoms with van der Waals surface area (Å²) in [6.45, 7) is 5.82. The molecule has 0 aliphatic carbocycles. The number of phenols is 1. The molecular formula is C74H96N14O16S2. The van der Waals surface area contributed by atoms with Gasteiger partial charge in [-0.15, -0.1) is 0 Å². The van der Waals surface area contributed by atoms with Gasteiger partial charge in [-0.2, -0.15) is 0 Å². The van der Waals surface area contributed by atoms with Gasteiger partial charge in [-0.1, -0.05) is 151 Å². The molecule has 21 N–H and O–H groups in total. The smallest absolute Gasteiger partial charge is 0.327 e. The number of aromatic hydroxyl groups is 1. The Labute approximate surface area is 621 Å². The lowest BCUT2D eigenvalue weighted by molar-refractivity contribution is -0.142. The third-order valence-electron chi connectivity index (χ3n) is 17.4. The Morgan fingerprint density at radius 1 is 0.472 bits per heavy atom. The van der Waals surface area contributed by atoms with Crippen molar-refractivity contribution in [3.8, 4) is 5.75 Å². The van der Waals surface area contributed by atoms with E-state index in [1.54, 1.807) is 103 Å². The highest BCUT2D eigenvalue weighted by Gasteiger charge is 2.39. The number of para-hydroxylation sites is 1. The van der Waals surface area contributed by atoms with E-state index in [2.05, 4.69) is 63.5 Å². The highest BCUT2D eigenvalue weighted by Crippen LogP contribution is 2.24. The molecule has 570 valence electrons. The first kappa shape index (κ1) is 83.3. The Morgan fingerprint density at radius 3 is 1.34 bits per heavy atom. The predicted octanol–water partition coefficient (Wildman–Crippen LogP) is -0.577. The zero-order valence-corrected chi connectivity index (χ0v) is 60.9. The molecule has 13 atom stereocenters. The van der Waals surface area contributed by atoms with E-state index in [4.69, 9.17) is 11.5 Å². The number of unbranched alkanes of at least 4 members (excludes halogenated alkanes) is 1. The molecule has 30 nitrogen and oxygen atoms in total. The first-order valence-electron chi connectivity index (χ1n) is 34.9. The standard InChI is InChI=1S/C74H96N14O16S2/c1-41(2)77-36-48-24-22-46(23-25-48)33-57-69(98)87-62(42(3)90)72(101)84-58(34-47-26-28-50(92)29-27-47)70(99)88-63(43(4)91)73(102)85-60(38-89)71(100)86-61(74(103)104)40-106-105-39-52(76)64(93)79-54(21-13-14-30-75)65(94)80-55(31-44-15-7-5-8-16-44)66(95)81-56(32-45-17-9-6-10-18-45)67(96)83-59(68(97)82-57)35-49-37-78-53-20-12-11-19-51(49)53/h5-12,15-20,22-29,37,41-43,52,54-63,77-78,89-92H,13-14,21,30-36,38-40,75-76H2,1-4H3,(H,79,93)(H,80,94)(H,81,95)(H,82,97)(H,83,96)(H,84,101)(H,85,102)(H,86,100)(H,87,98)(H,88,99)(H,103,104)/t42-,43-,52+,54+,55?,56+,57?,58+,59?,60+,61+,62?,63?/m1/s1. The van der Waals surface area contributed by atoms with Crippen molar-refractivity contribution in [1.82, 2.24) is 63.5 Å². The Bertz CT molecular complexity index is 3930. The minimum absolute atomic E-state index is 0.0234. The van der Waals surface area contributed by atoms with Gasteiger partial charge in [0.2, 0.25) is 59.1 Å². The van der Waals surface area contributed by atoms with Crippen LogP contribution < -0.4 is 70.0 Å². The predicted molar refractivity (Wildman–Crippen MR) is 399 cm³/mol. The first-order valence-corrected chi connectivity index (χ1v) is 37.3. The van der Waals surface area contributed by atoms with Crippen molar-refractivity contribution in [1.29, 1.82) is 0 Å². The number of aromatic nitrogens is 1. The molecule has 1 fully saturated rings. The molecule has 5 unspecified atom stereocenters. The van der Waals surface area contributed by atoms with Gasteiger partial charge in [-0.3, -0.25) is 47.9 Å². The van der Waals surface area contributed by atoms with Crippen molar-refractivity contribution in [2.45, 2.75) is 170 Å². The van der Waals surface area contributed by atoms with Crippen molar-refractivity contribution in [3.63, 3.8) is 0 Å². The number of aliphatic hydroxyl groups is 3. The van der Waals surface area contributed by atoms with Crippen LogP contribution in [0, 0.1) is 0 Å². The fourth-order valence-corrected chi connectivity index (χ4v) is 13.7. The van der Waals surface area contributed by atoms with Crippen LogP contribution in [-0.4, -0.2) is 205 Å². The fraction of sp³-hybridized carbons (Fsp3) is 0.419. The Balaban J connectivity index is 1.32. The average molecular weight is 1500 g/mol. The van der Waals surface area contributed by atoms with Gasteiger partial charge in [0.05, 0.1) is 24.9 Å². The van der Waals surface area contributed by atoms with Gasteiger partial charge in [-0.05, 0) is 91.2 Å². The van der Waals surface area contributed by atoms with Gasteiger partial charge in [0.1, 0.15) is 66.2 Å². The SMILES string of the molecule is CC(C)NCc1ccc(CC2NC(=O)C(Cc3c[nH]c4ccccc34)NC(=O)[C@H](Cc3ccccc3)NC(=O)C(Cc3ccccc3)NC(=O)[C@H](CCCCN)NC(=O)[C@@H](N)CSSC[C@@H](C(=O)O)NC(=O)[C@H](CO)NC(=O)C([C@@H](C)O)NC(=O)[C@H](Cc3ccc(O)cc3)NC(=O)C([C@@H](C)O)NC2=O)cc1. The van der Waals surface area contributed by atoms with Crippen LogP contribution in [0.1, 0.15) is 80.3 Å². The maximum absolute atomic E-state index is 15.5. The van der Waals surface area contributed by atoms with E-state index in [0.717, 1.165) is 34.1 Å². The summed E-state index contributed by atoms with van der Waals surface area (Å²) in [7, 11) is 1.81. The summed E-state index contributed by atoms with van der Waals surface area (Å²) in [6, 6.07) is 19.1. The molecule has 1 aliphatic heterocycles. The molecule has 2 heterocycles. The lowest BCUT2D eigenvalue weighted by atomic mass is 9.99. The van der Waals surface area contributed by atoms with Crippen LogP contribution in [0.15, 0.2) is 140 Å². The van der Waals surface area contributed by atoms with E-state index in [-0.39, 0.29) is 61.9 Å². The number of hydrogen-bond donors (Lipinski definition) is 19. The van der Waals surface area contributed by atoms with E-state index in [9.17, 15) is 59.1 Å². The lowest BCUT2D eigenvalue weighted by Crippen LogP contribution is -2.63. The Morgan fingerprint density at radius 2 is 0.868 bits per heavy atom. The van der Waals surface area contributed by atoms with Crippen molar-refractivity contribution < 1.29 is 78.3 Å². The number of phenolic OH excluding ortho intramolecular Hbond substituents is 1. The number of carboxylic acids is 1. The molecule has 1 saturated heterocycles. The zero-order valence-electron chi connectivity index (χ0n) is 59.3. The van der Waals surface area contributed by atoms with Gasteiger partial charge in [0, 0.05) is 73.3 Å². The molecule has 0 saturated carbocycles. The second kappa shape index (κ2) is 41.7. The number of aliphatic hydroxyl groups excluding tert-OH is 3. The van der Waals surface area contributed by atoms with E-state index >= 15 is 19.2 Å². The molecule has 1 aliphatic rings. The number of fused-ring (bicyclic) bond motifs is 1. The average Bonchev–Trinajstić information content (AvgIpc) is 1.64. The molecule has 7 rings (SSSR count). The van der Waals surface area contributed by atoms with Gasteiger partial charge < -0.3 is 100 Å². The minimum atomic E-state index is -1.95. The summed E-state index contributed by atoms with van der Waals surface area (Å²) in [6.07, 6.45) is -2.28. The quantitative estimate of drug-likeness (QED) is 0.0317. The van der Waals surface area contributed by atoms with Gasteiger partial charge in [-0.25, -0.2) is 4.79 Å². The molecular weight excluding hydrogens is 1410 g/mol. The molecule has 5 aromatic carbocycles. The van der Waals surface area contributed by atoms with Crippen molar-refractivity contribution in [2.24, 2.45) is 11.5 Å². The van der Waals surface area contributed by atoms with E-state index in [0.29, 0.717) is 58.1 Å². The lowest BCUT2D eigenvalue weighted by Gasteiger charge is -2.29. The Kier molecular flexibility index (Phi) is 32.8. The number of nitrogens with one attached hydrogen (secondary N) is 12. The molecule has 1 aromatic heterocycles. The largest absolute Gasteiger partial charge is 0.508 e. The summed E-state index contributed by atoms with van der Waals surface area (Å²) in [5, 5.41) is 83.0. The second-order valence-electron chi connectivity index (χ2n) is 26.3. The number of amides is 10. The molecule has 6 aromatic rings. The van der Waals surface area contributed by atoms with Gasteiger partial charge >= 0.3 is 5.97 Å². The van der Waals surface area contributed by atoms with Gasteiger partial charge in [0.15, 0.2) is 0 Å². The van der Waals surface area contributed by atoms with Crippen LogP contribution in [0.25, 0.3) is 10.9 Å². The summed E-state index contributed by atoms with van der Waals surface area (Å²) >= 11 is 0. The van der Waals surface area contributed by atoms with E-state index in [1.807, 2.05) is 26.0 Å². The van der Waals surface area contributed by atoms with E-state index < -0.39 is 157 Å². The third kappa shape index (κ3) is 26.0. The molecule has 10 amide bonds. The number of carbonyl (C=O) groups excluding carboxylic acids is 10. The molecule has 32 heteroatoms. The first-order chi connectivity index (χ1) is 50.7. The minimum Gasteiger partial charge on any atom is -0.508 e. The van der Waals surface area contributed by atoms with Crippen LogP contribution in [0.2, 0.25) is 0 Å². The second-order valence-corrected chi connectivity index (χ2v) is 28.8. The van der Waals surface area contributed by atoms with Crippen LogP contribution in [-0.2, 0) is 91.4 Å². The zero-order chi connectivity index (χ0) is 77.0. The molecule has 106 heavy (non-hydrogen) atoms. The number of nitrogens with two attached hydrogens (primary N) is 2. The van der Waals surface area contributed by atoms with Crippen molar-refractivity contribution in [3.05, 3.63) is 173 Å².